The van der Waals surface area contributed by atoms with Gasteiger partial charge in [-0.05, 0) is 13.8 Å². The van der Waals surface area contributed by atoms with Crippen LogP contribution in [0.3, 0.4) is 0 Å². The Morgan fingerprint density at radius 1 is 1.69 bits per heavy atom. The lowest BCUT2D eigenvalue weighted by Gasteiger charge is -2.26. The number of hydrogen-bond acceptors (Lipinski definition) is 4. The molecule has 1 fully saturated rings. The van der Waals surface area contributed by atoms with E-state index in [1.165, 1.54) is 0 Å². The molecule has 0 aliphatic carbocycles. The molecule has 2 atom stereocenters. The molecule has 1 aliphatic heterocycles. The predicted molar refractivity (Wildman–Crippen MR) is 51.1 cm³/mol. The minimum Gasteiger partial charge on any atom is -0.464 e. The zero-order valence-corrected chi connectivity index (χ0v) is 8.73. The average Bonchev–Trinajstić information content (AvgIpc) is 2.06. The molecule has 1 aliphatic rings. The van der Waals surface area contributed by atoms with E-state index >= 15 is 0 Å². The summed E-state index contributed by atoms with van der Waals surface area (Å²) < 4.78 is 10.1. The van der Waals surface area contributed by atoms with Gasteiger partial charge in [-0.15, -0.1) is 12.4 Å². The smallest absolute Gasteiger partial charge is 0.336 e. The van der Waals surface area contributed by atoms with Crippen LogP contribution in [0.4, 0.5) is 0 Å². The molecular formula is C8H16ClNO3. The topological polar surface area (TPSA) is 47.6 Å². The number of rotatable bonds is 2. The van der Waals surface area contributed by atoms with Crippen LogP contribution in [0.25, 0.3) is 0 Å². The summed E-state index contributed by atoms with van der Waals surface area (Å²) in [6.45, 7) is 5.34. The number of carbonyl (C=O) groups excluding carboxylic acids is 1. The summed E-state index contributed by atoms with van der Waals surface area (Å²) in [6, 6.07) is 0.329. The van der Waals surface area contributed by atoms with E-state index in [0.29, 0.717) is 25.8 Å². The molecule has 1 rings (SSSR count). The number of hydrogen-bond donors (Lipinski definition) is 1. The van der Waals surface area contributed by atoms with Gasteiger partial charge in [0.2, 0.25) is 0 Å². The van der Waals surface area contributed by atoms with Crippen LogP contribution in [0.5, 0.6) is 0 Å². The van der Waals surface area contributed by atoms with E-state index in [9.17, 15) is 4.79 Å². The third-order valence-corrected chi connectivity index (χ3v) is 1.75. The van der Waals surface area contributed by atoms with Gasteiger partial charge in [0, 0.05) is 12.6 Å². The SMILES string of the molecule is CCOC(=O)[C@H]1CN[C@@H](C)CO1.Cl. The van der Waals surface area contributed by atoms with Crippen molar-refractivity contribution in [2.45, 2.75) is 26.0 Å². The molecule has 0 spiro atoms. The minimum absolute atomic E-state index is 0. The van der Waals surface area contributed by atoms with Crippen LogP contribution in [0, 0.1) is 0 Å². The van der Waals surface area contributed by atoms with Crippen LogP contribution in [-0.2, 0) is 14.3 Å². The highest BCUT2D eigenvalue weighted by Gasteiger charge is 2.25. The summed E-state index contributed by atoms with van der Waals surface area (Å²) in [5, 5.41) is 3.15. The lowest BCUT2D eigenvalue weighted by atomic mass is 10.2. The van der Waals surface area contributed by atoms with Crippen LogP contribution < -0.4 is 5.32 Å². The van der Waals surface area contributed by atoms with Crippen LogP contribution in [0.1, 0.15) is 13.8 Å². The van der Waals surface area contributed by atoms with Crippen molar-refractivity contribution >= 4 is 18.4 Å². The Balaban J connectivity index is 0.00000144. The lowest BCUT2D eigenvalue weighted by Crippen LogP contribution is -2.48. The van der Waals surface area contributed by atoms with Crippen molar-refractivity contribution < 1.29 is 14.3 Å². The van der Waals surface area contributed by atoms with Gasteiger partial charge < -0.3 is 14.8 Å². The van der Waals surface area contributed by atoms with E-state index in [1.54, 1.807) is 6.92 Å². The number of morpholine rings is 1. The maximum Gasteiger partial charge on any atom is 0.336 e. The van der Waals surface area contributed by atoms with E-state index in [-0.39, 0.29) is 18.4 Å². The second-order valence-corrected chi connectivity index (χ2v) is 2.88. The summed E-state index contributed by atoms with van der Waals surface area (Å²) in [5.41, 5.74) is 0. The Labute approximate surface area is 84.4 Å². The molecule has 0 aromatic heterocycles. The molecule has 0 aromatic rings. The third-order valence-electron chi connectivity index (χ3n) is 1.75. The monoisotopic (exact) mass is 209 g/mol. The summed E-state index contributed by atoms with van der Waals surface area (Å²) in [7, 11) is 0. The van der Waals surface area contributed by atoms with Crippen molar-refractivity contribution in [3.05, 3.63) is 0 Å². The van der Waals surface area contributed by atoms with E-state index < -0.39 is 6.10 Å². The van der Waals surface area contributed by atoms with Gasteiger partial charge in [-0.2, -0.15) is 0 Å². The van der Waals surface area contributed by atoms with Crippen molar-refractivity contribution in [1.82, 2.24) is 5.32 Å². The molecule has 0 aromatic carbocycles. The molecule has 1 N–H and O–H groups in total. The summed E-state index contributed by atoms with van der Waals surface area (Å²) >= 11 is 0. The van der Waals surface area contributed by atoms with E-state index in [0.717, 1.165) is 0 Å². The molecule has 4 nitrogen and oxygen atoms in total. The normalized spacial score (nSPS) is 27.5. The number of carbonyl (C=O) groups is 1. The van der Waals surface area contributed by atoms with Gasteiger partial charge in [0.25, 0.3) is 0 Å². The van der Waals surface area contributed by atoms with Crippen LogP contribution in [0.15, 0.2) is 0 Å². The molecule has 0 saturated carbocycles. The second-order valence-electron chi connectivity index (χ2n) is 2.88. The zero-order valence-electron chi connectivity index (χ0n) is 7.91. The first-order valence-electron chi connectivity index (χ1n) is 4.25. The zero-order chi connectivity index (χ0) is 8.97. The Hall–Kier alpha value is -0.320. The Morgan fingerprint density at radius 3 is 2.85 bits per heavy atom. The standard InChI is InChI=1S/C8H15NO3.ClH/c1-3-11-8(10)7-4-9-6(2)5-12-7;/h6-7,9H,3-5H2,1-2H3;1H/t6-,7+;/m0./s1. The molecule has 0 radical (unpaired) electrons. The molecule has 5 heteroatoms. The van der Waals surface area contributed by atoms with Gasteiger partial charge in [-0.25, -0.2) is 4.79 Å². The first kappa shape index (κ1) is 12.7. The van der Waals surface area contributed by atoms with E-state index in [2.05, 4.69) is 5.32 Å². The molecule has 1 saturated heterocycles. The molecule has 78 valence electrons. The molecule has 0 amide bonds. The summed E-state index contributed by atoms with van der Waals surface area (Å²) in [6.07, 6.45) is -0.416. The van der Waals surface area contributed by atoms with Crippen molar-refractivity contribution in [2.75, 3.05) is 19.8 Å². The van der Waals surface area contributed by atoms with Gasteiger partial charge in [0.05, 0.1) is 13.2 Å². The molecule has 0 unspecified atom stereocenters. The van der Waals surface area contributed by atoms with E-state index in [4.69, 9.17) is 9.47 Å². The highest BCUT2D eigenvalue weighted by Crippen LogP contribution is 2.02. The van der Waals surface area contributed by atoms with Crippen LogP contribution in [-0.4, -0.2) is 37.9 Å². The number of ether oxygens (including phenoxy) is 2. The first-order chi connectivity index (χ1) is 5.74. The Bertz CT molecular complexity index is 157. The highest BCUT2D eigenvalue weighted by molar-refractivity contribution is 5.85. The van der Waals surface area contributed by atoms with Crippen molar-refractivity contribution in [1.29, 1.82) is 0 Å². The largest absolute Gasteiger partial charge is 0.464 e. The summed E-state index contributed by atoms with van der Waals surface area (Å²) in [5.74, 6) is -0.267. The fourth-order valence-electron chi connectivity index (χ4n) is 1.07. The van der Waals surface area contributed by atoms with E-state index in [1.807, 2.05) is 6.92 Å². The second kappa shape index (κ2) is 6.18. The fourth-order valence-corrected chi connectivity index (χ4v) is 1.07. The van der Waals surface area contributed by atoms with Gasteiger partial charge in [0.15, 0.2) is 6.10 Å². The minimum atomic E-state index is -0.416. The number of nitrogens with one attached hydrogen (secondary N) is 1. The van der Waals surface area contributed by atoms with Crippen LogP contribution in [0.2, 0.25) is 0 Å². The fraction of sp³-hybridized carbons (Fsp3) is 0.875. The van der Waals surface area contributed by atoms with Gasteiger partial charge in [-0.3, -0.25) is 0 Å². The number of halogens is 1. The van der Waals surface area contributed by atoms with Crippen LogP contribution >= 0.6 is 12.4 Å². The lowest BCUT2D eigenvalue weighted by molar-refractivity contribution is -0.159. The maximum absolute atomic E-state index is 11.1. The number of esters is 1. The van der Waals surface area contributed by atoms with Crippen molar-refractivity contribution in [3.8, 4) is 0 Å². The molecule has 0 bridgehead atoms. The average molecular weight is 210 g/mol. The van der Waals surface area contributed by atoms with Crippen molar-refractivity contribution in [3.63, 3.8) is 0 Å². The van der Waals surface area contributed by atoms with Gasteiger partial charge in [0.1, 0.15) is 0 Å². The molecular weight excluding hydrogens is 194 g/mol. The maximum atomic E-state index is 11.1. The Morgan fingerprint density at radius 2 is 2.38 bits per heavy atom. The first-order valence-corrected chi connectivity index (χ1v) is 4.25. The quantitative estimate of drug-likeness (QED) is 0.667. The summed E-state index contributed by atoms with van der Waals surface area (Å²) in [4.78, 5) is 11.1. The predicted octanol–water partition coefficient (Wildman–Crippen LogP) is 0.348. The Kier molecular flexibility index (Phi) is 6.03. The molecule has 1 heterocycles. The van der Waals surface area contributed by atoms with Gasteiger partial charge in [-0.1, -0.05) is 0 Å². The highest BCUT2D eigenvalue weighted by atomic mass is 35.5. The van der Waals surface area contributed by atoms with Crippen molar-refractivity contribution in [2.24, 2.45) is 0 Å². The molecule has 13 heavy (non-hydrogen) atoms. The van der Waals surface area contributed by atoms with Gasteiger partial charge >= 0.3 is 5.97 Å². The third kappa shape index (κ3) is 3.93.